The molecule has 0 fully saturated rings. The lowest BCUT2D eigenvalue weighted by molar-refractivity contribution is -0.132. The van der Waals surface area contributed by atoms with Crippen LogP contribution < -0.4 is 15.2 Å². The molecule has 0 radical (unpaired) electrons. The number of carbonyl (C=O) groups excluding carboxylic acids is 1. The van der Waals surface area contributed by atoms with Crippen molar-refractivity contribution in [3.63, 3.8) is 0 Å². The number of benzene rings is 1. The largest absolute Gasteiger partial charge is 0.497 e. The second kappa shape index (κ2) is 6.99. The van der Waals surface area contributed by atoms with E-state index in [-0.39, 0.29) is 11.8 Å². The Kier molecular flexibility index (Phi) is 5.63. The smallest absolute Gasteiger partial charge is 0.226 e. The minimum atomic E-state index is -0.254. The summed E-state index contributed by atoms with van der Waals surface area (Å²) in [4.78, 5) is 13.6. The molecule has 19 heavy (non-hydrogen) atoms. The van der Waals surface area contributed by atoms with E-state index in [1.54, 1.807) is 33.2 Å². The fourth-order valence-electron chi connectivity index (χ4n) is 1.94. The van der Waals surface area contributed by atoms with Gasteiger partial charge in [0, 0.05) is 20.6 Å². The van der Waals surface area contributed by atoms with Crippen LogP contribution in [-0.2, 0) is 11.2 Å². The number of rotatable bonds is 6. The molecule has 1 atom stereocenters. The lowest BCUT2D eigenvalue weighted by Gasteiger charge is -2.20. The number of hydrogen-bond acceptors (Lipinski definition) is 4. The van der Waals surface area contributed by atoms with Crippen molar-refractivity contribution >= 4 is 5.91 Å². The fraction of sp³-hybridized carbons (Fsp3) is 0.500. The molecule has 1 aromatic carbocycles. The van der Waals surface area contributed by atoms with E-state index in [1.807, 2.05) is 18.2 Å². The van der Waals surface area contributed by atoms with Crippen molar-refractivity contribution in [3.8, 4) is 11.5 Å². The first-order valence-corrected chi connectivity index (χ1v) is 6.15. The van der Waals surface area contributed by atoms with Gasteiger partial charge in [0.15, 0.2) is 0 Å². The van der Waals surface area contributed by atoms with Gasteiger partial charge < -0.3 is 20.1 Å². The maximum Gasteiger partial charge on any atom is 0.226 e. The molecular formula is C14H22N2O3. The van der Waals surface area contributed by atoms with Gasteiger partial charge in [-0.1, -0.05) is 0 Å². The number of ether oxygens (including phenoxy) is 2. The van der Waals surface area contributed by atoms with Crippen LogP contribution in [0.3, 0.4) is 0 Å². The molecule has 0 aliphatic rings. The molecule has 0 saturated carbocycles. The predicted molar refractivity (Wildman–Crippen MR) is 74.5 cm³/mol. The number of hydrogen-bond donors (Lipinski definition) is 1. The van der Waals surface area contributed by atoms with Gasteiger partial charge in [0.05, 0.1) is 20.1 Å². The number of nitrogens with two attached hydrogens (primary N) is 1. The van der Waals surface area contributed by atoms with Crippen molar-refractivity contribution in [1.82, 2.24) is 4.90 Å². The van der Waals surface area contributed by atoms with Gasteiger partial charge >= 0.3 is 0 Å². The van der Waals surface area contributed by atoms with Crippen LogP contribution in [0.4, 0.5) is 0 Å². The summed E-state index contributed by atoms with van der Waals surface area (Å²) >= 11 is 0. The van der Waals surface area contributed by atoms with E-state index in [0.29, 0.717) is 13.0 Å². The first-order valence-electron chi connectivity index (χ1n) is 6.15. The Bertz CT molecular complexity index is 433. The maximum atomic E-state index is 12.0. The predicted octanol–water partition coefficient (Wildman–Crippen LogP) is 0.909. The summed E-state index contributed by atoms with van der Waals surface area (Å²) in [6.45, 7) is 0.303. The van der Waals surface area contributed by atoms with E-state index >= 15 is 0 Å². The van der Waals surface area contributed by atoms with Crippen molar-refractivity contribution < 1.29 is 14.3 Å². The van der Waals surface area contributed by atoms with Crippen LogP contribution in [0.2, 0.25) is 0 Å². The van der Waals surface area contributed by atoms with Crippen LogP contribution in [0.5, 0.6) is 11.5 Å². The van der Waals surface area contributed by atoms with Crippen LogP contribution in [-0.4, -0.2) is 45.7 Å². The molecule has 5 nitrogen and oxygen atoms in total. The Labute approximate surface area is 114 Å². The summed E-state index contributed by atoms with van der Waals surface area (Å²) in [5.41, 5.74) is 6.63. The molecule has 5 heteroatoms. The van der Waals surface area contributed by atoms with E-state index in [1.165, 1.54) is 0 Å². The summed E-state index contributed by atoms with van der Waals surface area (Å²) in [7, 11) is 6.68. The zero-order chi connectivity index (χ0) is 14.4. The first kappa shape index (κ1) is 15.3. The summed E-state index contributed by atoms with van der Waals surface area (Å²) in [6, 6.07) is 5.54. The highest BCUT2D eigenvalue weighted by molar-refractivity contribution is 5.79. The Morgan fingerprint density at radius 1 is 1.32 bits per heavy atom. The Morgan fingerprint density at radius 3 is 2.47 bits per heavy atom. The zero-order valence-corrected chi connectivity index (χ0v) is 12.0. The molecule has 1 rings (SSSR count). The molecule has 0 saturated heterocycles. The van der Waals surface area contributed by atoms with Crippen molar-refractivity contribution in [2.24, 2.45) is 11.7 Å². The van der Waals surface area contributed by atoms with Crippen molar-refractivity contribution in [2.45, 2.75) is 6.42 Å². The van der Waals surface area contributed by atoms with Crippen molar-refractivity contribution in [2.75, 3.05) is 34.9 Å². The Balaban J connectivity index is 2.98. The van der Waals surface area contributed by atoms with E-state index in [2.05, 4.69) is 0 Å². The standard InChI is InChI=1S/C14H22N2O3/c1-16(2)14(17)11(9-15)7-10-8-12(18-3)5-6-13(10)19-4/h5-6,8,11H,7,9,15H2,1-4H3. The Morgan fingerprint density at radius 2 is 2.00 bits per heavy atom. The van der Waals surface area contributed by atoms with Crippen molar-refractivity contribution in [3.05, 3.63) is 23.8 Å². The molecule has 0 aliphatic heterocycles. The SMILES string of the molecule is COc1ccc(OC)c(CC(CN)C(=O)N(C)C)c1. The fourth-order valence-corrected chi connectivity index (χ4v) is 1.94. The number of nitrogens with zero attached hydrogens (tertiary/aromatic N) is 1. The lowest BCUT2D eigenvalue weighted by Crippen LogP contribution is -2.35. The monoisotopic (exact) mass is 266 g/mol. The average molecular weight is 266 g/mol. The highest BCUT2D eigenvalue weighted by Crippen LogP contribution is 2.26. The lowest BCUT2D eigenvalue weighted by atomic mass is 9.97. The van der Waals surface area contributed by atoms with E-state index in [0.717, 1.165) is 17.1 Å². The first-order chi connectivity index (χ1) is 9.03. The molecule has 0 spiro atoms. The molecular weight excluding hydrogens is 244 g/mol. The molecule has 2 N–H and O–H groups in total. The normalized spacial score (nSPS) is 11.8. The third-order valence-electron chi connectivity index (χ3n) is 3.03. The van der Waals surface area contributed by atoms with Crippen LogP contribution in [0.1, 0.15) is 5.56 Å². The van der Waals surface area contributed by atoms with Gasteiger partial charge in [0.25, 0.3) is 0 Å². The van der Waals surface area contributed by atoms with E-state index in [4.69, 9.17) is 15.2 Å². The number of amides is 1. The quantitative estimate of drug-likeness (QED) is 0.831. The van der Waals surface area contributed by atoms with Crippen LogP contribution in [0, 0.1) is 5.92 Å². The molecule has 106 valence electrons. The average Bonchev–Trinajstić information content (AvgIpc) is 2.43. The number of methoxy groups -OCH3 is 2. The summed E-state index contributed by atoms with van der Waals surface area (Å²) < 4.78 is 10.5. The highest BCUT2D eigenvalue weighted by Gasteiger charge is 2.21. The third-order valence-corrected chi connectivity index (χ3v) is 3.03. The maximum absolute atomic E-state index is 12.0. The van der Waals surface area contributed by atoms with Gasteiger partial charge in [0.1, 0.15) is 11.5 Å². The molecule has 0 aromatic heterocycles. The second-order valence-corrected chi connectivity index (χ2v) is 4.55. The van der Waals surface area contributed by atoms with Crippen LogP contribution >= 0.6 is 0 Å². The van der Waals surface area contributed by atoms with Crippen LogP contribution in [0.15, 0.2) is 18.2 Å². The summed E-state index contributed by atoms with van der Waals surface area (Å²) in [5.74, 6) is 1.25. The van der Waals surface area contributed by atoms with Crippen molar-refractivity contribution in [1.29, 1.82) is 0 Å². The summed E-state index contributed by atoms with van der Waals surface area (Å²) in [6.07, 6.45) is 0.536. The molecule has 1 amide bonds. The minimum Gasteiger partial charge on any atom is -0.497 e. The van der Waals surface area contributed by atoms with Gasteiger partial charge in [0.2, 0.25) is 5.91 Å². The molecule has 0 aliphatic carbocycles. The number of carbonyl (C=O) groups is 1. The topological polar surface area (TPSA) is 64.8 Å². The van der Waals surface area contributed by atoms with Gasteiger partial charge in [-0.25, -0.2) is 0 Å². The second-order valence-electron chi connectivity index (χ2n) is 4.55. The van der Waals surface area contributed by atoms with Gasteiger partial charge in [-0.3, -0.25) is 4.79 Å². The van der Waals surface area contributed by atoms with Gasteiger partial charge in [-0.2, -0.15) is 0 Å². The van der Waals surface area contributed by atoms with E-state index in [9.17, 15) is 4.79 Å². The van der Waals surface area contributed by atoms with Crippen LogP contribution in [0.25, 0.3) is 0 Å². The van der Waals surface area contributed by atoms with E-state index < -0.39 is 0 Å². The Hall–Kier alpha value is -1.75. The van der Waals surface area contributed by atoms with Gasteiger partial charge in [-0.15, -0.1) is 0 Å². The molecule has 0 heterocycles. The summed E-state index contributed by atoms with van der Waals surface area (Å²) in [5, 5.41) is 0. The van der Waals surface area contributed by atoms with Gasteiger partial charge in [-0.05, 0) is 30.2 Å². The highest BCUT2D eigenvalue weighted by atomic mass is 16.5. The third kappa shape index (κ3) is 3.86. The molecule has 1 unspecified atom stereocenters. The minimum absolute atomic E-state index is 0.0207. The zero-order valence-electron chi connectivity index (χ0n) is 12.0. The molecule has 1 aromatic rings. The molecule has 0 bridgehead atoms.